The predicted octanol–water partition coefficient (Wildman–Crippen LogP) is 4.17. The van der Waals surface area contributed by atoms with Crippen LogP contribution in [-0.4, -0.2) is 30.7 Å². The number of carbonyl (C=O) groups is 4. The zero-order chi connectivity index (χ0) is 28.3. The second-order valence-corrected chi connectivity index (χ2v) is 8.86. The van der Waals surface area contributed by atoms with E-state index in [1.807, 2.05) is 19.9 Å². The highest BCUT2D eigenvalue weighted by atomic mass is 19.1. The van der Waals surface area contributed by atoms with Gasteiger partial charge in [-0.05, 0) is 80.4 Å². The lowest BCUT2D eigenvalue weighted by Crippen LogP contribution is -2.34. The molecule has 10 heteroatoms. The van der Waals surface area contributed by atoms with Gasteiger partial charge in [-0.1, -0.05) is 6.07 Å². The first-order chi connectivity index (χ1) is 18.6. The molecular formula is C29H26FN3O6. The Kier molecular flexibility index (Phi) is 7.75. The summed E-state index contributed by atoms with van der Waals surface area (Å²) < 4.78 is 24.0. The van der Waals surface area contributed by atoms with Crippen molar-refractivity contribution in [2.24, 2.45) is 0 Å². The van der Waals surface area contributed by atoms with Crippen molar-refractivity contribution >= 4 is 41.0 Å². The molecule has 0 unspecified atom stereocenters. The summed E-state index contributed by atoms with van der Waals surface area (Å²) in [5, 5.41) is 5.04. The first kappa shape index (κ1) is 27.1. The number of halogens is 1. The maximum Gasteiger partial charge on any atom is 0.343 e. The Morgan fingerprint density at radius 2 is 1.69 bits per heavy atom. The Balaban J connectivity index is 1.49. The van der Waals surface area contributed by atoms with E-state index in [1.165, 1.54) is 42.4 Å². The summed E-state index contributed by atoms with van der Waals surface area (Å²) >= 11 is 0. The number of methoxy groups -OCH3 is 1. The molecule has 0 atom stereocenters. The highest BCUT2D eigenvalue weighted by Crippen LogP contribution is 2.35. The standard InChI is InChI=1S/C29H26FN3O6/c1-16-5-8-20(13-17(16)2)32-28(36)27(35)31-15-23-12-11-22(39-23)14-24-26(34)25(29(37)38-4)18(3)33(24)21-9-6-19(30)7-10-21/h5-14H,15H2,1-4H3,(H,31,35)(H,32,36)/b24-14+. The van der Waals surface area contributed by atoms with Crippen molar-refractivity contribution in [3.05, 3.63) is 100 Å². The van der Waals surface area contributed by atoms with Crippen molar-refractivity contribution in [2.45, 2.75) is 27.3 Å². The number of nitrogens with zero attached hydrogens (tertiary/aromatic N) is 1. The number of benzene rings is 2. The Labute approximate surface area is 223 Å². The van der Waals surface area contributed by atoms with Crippen molar-refractivity contribution in [3.8, 4) is 0 Å². The second-order valence-electron chi connectivity index (χ2n) is 8.86. The predicted molar refractivity (Wildman–Crippen MR) is 142 cm³/mol. The van der Waals surface area contributed by atoms with Crippen molar-refractivity contribution in [1.82, 2.24) is 5.32 Å². The monoisotopic (exact) mass is 531 g/mol. The normalized spacial score (nSPS) is 14.1. The molecule has 1 aromatic heterocycles. The number of Topliss-reactive ketones (excluding diaryl/α,β-unsaturated/α-hetero) is 1. The van der Waals surface area contributed by atoms with Gasteiger partial charge in [-0.25, -0.2) is 9.18 Å². The molecule has 200 valence electrons. The third-order valence-electron chi connectivity index (χ3n) is 6.23. The molecule has 3 aromatic rings. The summed E-state index contributed by atoms with van der Waals surface area (Å²) in [6, 6.07) is 13.9. The lowest BCUT2D eigenvalue weighted by atomic mass is 10.1. The molecule has 1 aliphatic heterocycles. The fourth-order valence-corrected chi connectivity index (χ4v) is 4.04. The lowest BCUT2D eigenvalue weighted by molar-refractivity contribution is -0.137. The molecule has 2 heterocycles. The van der Waals surface area contributed by atoms with Crippen molar-refractivity contribution in [1.29, 1.82) is 0 Å². The number of ether oxygens (including phenoxy) is 1. The van der Waals surface area contributed by atoms with Gasteiger partial charge in [-0.3, -0.25) is 14.4 Å². The Hall–Kier alpha value is -4.99. The van der Waals surface area contributed by atoms with Crippen molar-refractivity contribution in [2.75, 3.05) is 17.3 Å². The van der Waals surface area contributed by atoms with Gasteiger partial charge in [0.25, 0.3) is 0 Å². The molecule has 39 heavy (non-hydrogen) atoms. The SMILES string of the molecule is COC(=O)C1=C(C)N(c2ccc(F)cc2)/C(=C/c2ccc(CNC(=O)C(=O)Nc3ccc(C)c(C)c3)o2)C1=O. The van der Waals surface area contributed by atoms with Gasteiger partial charge in [0.1, 0.15) is 22.9 Å². The summed E-state index contributed by atoms with van der Waals surface area (Å²) in [5.41, 5.74) is 3.27. The molecule has 0 radical (unpaired) electrons. The molecule has 2 amide bonds. The molecule has 0 bridgehead atoms. The van der Waals surface area contributed by atoms with Gasteiger partial charge in [-0.2, -0.15) is 0 Å². The van der Waals surface area contributed by atoms with Crippen LogP contribution < -0.4 is 15.5 Å². The number of allylic oxidation sites excluding steroid dienone is 2. The summed E-state index contributed by atoms with van der Waals surface area (Å²) in [6.07, 6.45) is 1.43. The Morgan fingerprint density at radius 1 is 0.974 bits per heavy atom. The van der Waals surface area contributed by atoms with Crippen LogP contribution in [0.2, 0.25) is 0 Å². The molecule has 2 N–H and O–H groups in total. The van der Waals surface area contributed by atoms with E-state index in [0.717, 1.165) is 11.1 Å². The maximum absolute atomic E-state index is 13.5. The average molecular weight is 532 g/mol. The van der Waals surface area contributed by atoms with Gasteiger partial charge < -0.3 is 24.7 Å². The van der Waals surface area contributed by atoms with Crippen LogP contribution in [0.5, 0.6) is 0 Å². The lowest BCUT2D eigenvalue weighted by Gasteiger charge is -2.21. The number of hydrogen-bond donors (Lipinski definition) is 2. The summed E-state index contributed by atoms with van der Waals surface area (Å²) in [5.74, 6) is -2.92. The quantitative estimate of drug-likeness (QED) is 0.212. The number of hydrogen-bond acceptors (Lipinski definition) is 7. The van der Waals surface area contributed by atoms with Gasteiger partial charge >= 0.3 is 17.8 Å². The highest BCUT2D eigenvalue weighted by Gasteiger charge is 2.38. The zero-order valence-electron chi connectivity index (χ0n) is 21.8. The van der Waals surface area contributed by atoms with Crippen LogP contribution in [0, 0.1) is 19.7 Å². The second kappa shape index (κ2) is 11.2. The largest absolute Gasteiger partial charge is 0.465 e. The topological polar surface area (TPSA) is 118 Å². The van der Waals surface area contributed by atoms with E-state index >= 15 is 0 Å². The van der Waals surface area contributed by atoms with Gasteiger partial charge in [0, 0.05) is 23.1 Å². The third-order valence-corrected chi connectivity index (χ3v) is 6.23. The number of esters is 1. The van der Waals surface area contributed by atoms with E-state index in [-0.39, 0.29) is 23.6 Å². The average Bonchev–Trinajstić information content (AvgIpc) is 3.46. The van der Waals surface area contributed by atoms with Crippen molar-refractivity contribution < 1.29 is 32.7 Å². The van der Waals surface area contributed by atoms with E-state index in [0.29, 0.717) is 22.8 Å². The number of ketones is 1. The molecule has 0 spiro atoms. The number of aryl methyl sites for hydroxylation is 2. The molecule has 1 aliphatic rings. The minimum Gasteiger partial charge on any atom is -0.465 e. The Morgan fingerprint density at radius 3 is 2.36 bits per heavy atom. The van der Waals surface area contributed by atoms with E-state index in [2.05, 4.69) is 10.6 Å². The van der Waals surface area contributed by atoms with Crippen LogP contribution in [0.3, 0.4) is 0 Å². The molecule has 4 rings (SSSR count). The summed E-state index contributed by atoms with van der Waals surface area (Å²) in [7, 11) is 1.18. The number of anilines is 2. The van der Waals surface area contributed by atoms with E-state index < -0.39 is 29.4 Å². The molecule has 0 fully saturated rings. The van der Waals surface area contributed by atoms with Gasteiger partial charge in [-0.15, -0.1) is 0 Å². The minimum absolute atomic E-state index is 0.0807. The highest BCUT2D eigenvalue weighted by molar-refractivity contribution is 6.39. The zero-order valence-corrected chi connectivity index (χ0v) is 21.8. The van der Waals surface area contributed by atoms with Crippen molar-refractivity contribution in [3.63, 3.8) is 0 Å². The molecule has 0 saturated heterocycles. The van der Waals surface area contributed by atoms with Crippen LogP contribution in [0.1, 0.15) is 29.6 Å². The fourth-order valence-electron chi connectivity index (χ4n) is 4.04. The van der Waals surface area contributed by atoms with Crippen LogP contribution in [-0.2, 0) is 30.5 Å². The van der Waals surface area contributed by atoms with Gasteiger partial charge in [0.05, 0.1) is 19.4 Å². The van der Waals surface area contributed by atoms with Crippen LogP contribution in [0.15, 0.2) is 76.0 Å². The fraction of sp³-hybridized carbons (Fsp3) is 0.172. The van der Waals surface area contributed by atoms with Crippen LogP contribution in [0.4, 0.5) is 15.8 Å². The molecule has 9 nitrogen and oxygen atoms in total. The number of amides is 2. The van der Waals surface area contributed by atoms with E-state index in [9.17, 15) is 23.6 Å². The van der Waals surface area contributed by atoms with Gasteiger partial charge in [0.2, 0.25) is 5.78 Å². The summed E-state index contributed by atoms with van der Waals surface area (Å²) in [4.78, 5) is 51.5. The molecular weight excluding hydrogens is 505 g/mol. The first-order valence-corrected chi connectivity index (χ1v) is 12.0. The number of furan rings is 1. The third kappa shape index (κ3) is 5.80. The van der Waals surface area contributed by atoms with Gasteiger partial charge in [0.15, 0.2) is 0 Å². The number of rotatable bonds is 6. The van der Waals surface area contributed by atoms with E-state index in [4.69, 9.17) is 9.15 Å². The number of carbonyl (C=O) groups excluding carboxylic acids is 4. The van der Waals surface area contributed by atoms with E-state index in [1.54, 1.807) is 31.2 Å². The maximum atomic E-state index is 13.5. The minimum atomic E-state index is -0.847. The molecule has 0 aliphatic carbocycles. The number of nitrogens with one attached hydrogen (secondary N) is 2. The smallest absolute Gasteiger partial charge is 0.343 e. The Bertz CT molecular complexity index is 1530. The van der Waals surface area contributed by atoms with Crippen LogP contribution >= 0.6 is 0 Å². The van der Waals surface area contributed by atoms with Crippen LogP contribution in [0.25, 0.3) is 6.08 Å². The first-order valence-electron chi connectivity index (χ1n) is 12.0. The molecule has 0 saturated carbocycles. The summed E-state index contributed by atoms with van der Waals surface area (Å²) in [6.45, 7) is 5.35. The molecule has 2 aromatic carbocycles.